The molecule has 0 aliphatic carbocycles. The van der Waals surface area contributed by atoms with E-state index in [1.807, 2.05) is 4.90 Å². The number of sulfonamides is 1. The molecule has 2 N–H and O–H groups in total. The summed E-state index contributed by atoms with van der Waals surface area (Å²) in [6.07, 6.45) is 2.92. The summed E-state index contributed by atoms with van der Waals surface area (Å²) in [7, 11) is -3.80. The Bertz CT molecular complexity index is 625. The van der Waals surface area contributed by atoms with Crippen molar-refractivity contribution in [1.82, 2.24) is 4.90 Å². The molecule has 0 bridgehead atoms. The van der Waals surface area contributed by atoms with Crippen molar-refractivity contribution in [2.45, 2.75) is 44.0 Å². The molecule has 1 atom stereocenters. The Morgan fingerprint density at radius 3 is 2.75 bits per heavy atom. The topological polar surface area (TPSA) is 80.5 Å². The molecule has 1 unspecified atom stereocenters. The normalized spacial score (nSPS) is 19.4. The van der Waals surface area contributed by atoms with Crippen molar-refractivity contribution in [3.8, 4) is 0 Å². The minimum Gasteiger partial charge on any atom is -0.336 e. The van der Waals surface area contributed by atoms with E-state index in [0.29, 0.717) is 11.1 Å². The molecule has 1 aliphatic heterocycles. The van der Waals surface area contributed by atoms with Gasteiger partial charge in [-0.05, 0) is 43.9 Å². The number of nitrogens with zero attached hydrogens (tertiary/aromatic N) is 1. The van der Waals surface area contributed by atoms with E-state index in [1.54, 1.807) is 19.1 Å². The highest BCUT2D eigenvalue weighted by Crippen LogP contribution is 2.24. The van der Waals surface area contributed by atoms with Crippen LogP contribution in [0.1, 0.15) is 42.1 Å². The number of hydrogen-bond acceptors (Lipinski definition) is 3. The maximum Gasteiger partial charge on any atom is 0.254 e. The molecule has 0 radical (unpaired) electrons. The molecule has 1 aromatic rings. The monoisotopic (exact) mass is 296 g/mol. The van der Waals surface area contributed by atoms with Gasteiger partial charge in [0.15, 0.2) is 0 Å². The average Bonchev–Trinajstić information content (AvgIpc) is 2.85. The molecule has 5 nitrogen and oxygen atoms in total. The highest BCUT2D eigenvalue weighted by Gasteiger charge is 2.28. The van der Waals surface area contributed by atoms with Crippen LogP contribution >= 0.6 is 0 Å². The minimum atomic E-state index is -3.80. The number of amides is 1. The summed E-state index contributed by atoms with van der Waals surface area (Å²) >= 11 is 0. The van der Waals surface area contributed by atoms with Crippen LogP contribution < -0.4 is 5.14 Å². The smallest absolute Gasteiger partial charge is 0.254 e. The first kappa shape index (κ1) is 15.0. The molecule has 1 heterocycles. The number of nitrogens with two attached hydrogens (primary N) is 1. The van der Waals surface area contributed by atoms with E-state index in [-0.39, 0.29) is 16.8 Å². The van der Waals surface area contributed by atoms with Crippen molar-refractivity contribution in [2.24, 2.45) is 5.14 Å². The van der Waals surface area contributed by atoms with Gasteiger partial charge in [-0.25, -0.2) is 13.6 Å². The van der Waals surface area contributed by atoms with Crippen LogP contribution in [0, 0.1) is 6.92 Å². The molecule has 1 saturated heterocycles. The number of carbonyl (C=O) groups excluding carboxylic acids is 1. The Labute approximate surface area is 119 Å². The fourth-order valence-electron chi connectivity index (χ4n) is 2.73. The summed E-state index contributed by atoms with van der Waals surface area (Å²) in [6, 6.07) is 4.93. The zero-order valence-corrected chi connectivity index (χ0v) is 12.6. The number of benzene rings is 1. The number of hydrogen-bond donors (Lipinski definition) is 1. The quantitative estimate of drug-likeness (QED) is 0.921. The van der Waals surface area contributed by atoms with Gasteiger partial charge in [-0.1, -0.05) is 13.0 Å². The second-order valence-electron chi connectivity index (χ2n) is 5.23. The summed E-state index contributed by atoms with van der Waals surface area (Å²) in [5.41, 5.74) is 0.942. The van der Waals surface area contributed by atoms with Crippen molar-refractivity contribution >= 4 is 15.9 Å². The van der Waals surface area contributed by atoms with Crippen molar-refractivity contribution in [2.75, 3.05) is 6.54 Å². The molecule has 1 amide bonds. The lowest BCUT2D eigenvalue weighted by Crippen LogP contribution is -2.35. The van der Waals surface area contributed by atoms with Crippen LogP contribution in [-0.2, 0) is 10.0 Å². The SMILES string of the molecule is CCC1CCCN1C(=O)c1ccc(C)c(S(N)(=O)=O)c1. The van der Waals surface area contributed by atoms with Gasteiger partial charge < -0.3 is 4.90 Å². The van der Waals surface area contributed by atoms with Crippen LogP contribution in [-0.4, -0.2) is 31.8 Å². The van der Waals surface area contributed by atoms with Gasteiger partial charge in [-0.3, -0.25) is 4.79 Å². The summed E-state index contributed by atoms with van der Waals surface area (Å²) in [5.74, 6) is -0.112. The molecule has 1 aromatic carbocycles. The van der Waals surface area contributed by atoms with Crippen molar-refractivity contribution < 1.29 is 13.2 Å². The maximum absolute atomic E-state index is 12.5. The second kappa shape index (κ2) is 5.54. The summed E-state index contributed by atoms with van der Waals surface area (Å²) in [4.78, 5) is 14.4. The van der Waals surface area contributed by atoms with Gasteiger partial charge in [-0.2, -0.15) is 0 Å². The average molecular weight is 296 g/mol. The first-order chi connectivity index (χ1) is 9.34. The largest absolute Gasteiger partial charge is 0.336 e. The molecule has 1 fully saturated rings. The van der Waals surface area contributed by atoms with E-state index in [9.17, 15) is 13.2 Å². The summed E-state index contributed by atoms with van der Waals surface area (Å²) < 4.78 is 23.0. The van der Waals surface area contributed by atoms with E-state index >= 15 is 0 Å². The fraction of sp³-hybridized carbons (Fsp3) is 0.500. The third-order valence-electron chi connectivity index (χ3n) is 3.85. The van der Waals surface area contributed by atoms with Crippen LogP contribution in [0.5, 0.6) is 0 Å². The lowest BCUT2D eigenvalue weighted by atomic mass is 10.1. The van der Waals surface area contributed by atoms with Gasteiger partial charge in [0.2, 0.25) is 10.0 Å². The van der Waals surface area contributed by atoms with Crippen molar-refractivity contribution in [3.05, 3.63) is 29.3 Å². The Morgan fingerprint density at radius 1 is 1.45 bits per heavy atom. The first-order valence-corrected chi connectivity index (χ1v) is 8.33. The van der Waals surface area contributed by atoms with E-state index in [1.165, 1.54) is 6.07 Å². The minimum absolute atomic E-state index is 0.0237. The number of aryl methyl sites for hydroxylation is 1. The predicted molar refractivity (Wildman–Crippen MR) is 76.9 cm³/mol. The van der Waals surface area contributed by atoms with E-state index in [0.717, 1.165) is 25.8 Å². The highest BCUT2D eigenvalue weighted by molar-refractivity contribution is 7.89. The van der Waals surface area contributed by atoms with Crippen LogP contribution in [0.15, 0.2) is 23.1 Å². The van der Waals surface area contributed by atoms with E-state index < -0.39 is 10.0 Å². The van der Waals surface area contributed by atoms with Gasteiger partial charge in [0.05, 0.1) is 4.90 Å². The van der Waals surface area contributed by atoms with Crippen LogP contribution in [0.25, 0.3) is 0 Å². The molecule has 6 heteroatoms. The Balaban J connectivity index is 2.36. The Kier molecular flexibility index (Phi) is 4.15. The number of likely N-dealkylation sites (tertiary alicyclic amines) is 1. The third-order valence-corrected chi connectivity index (χ3v) is 4.90. The highest BCUT2D eigenvalue weighted by atomic mass is 32.2. The number of carbonyl (C=O) groups is 1. The molecule has 20 heavy (non-hydrogen) atoms. The maximum atomic E-state index is 12.5. The van der Waals surface area contributed by atoms with Crippen LogP contribution in [0.3, 0.4) is 0 Å². The standard InChI is InChI=1S/C14H20N2O3S/c1-3-12-5-4-8-16(12)14(17)11-7-6-10(2)13(9-11)20(15,18)19/h6-7,9,12H,3-5,8H2,1-2H3,(H2,15,18,19). The Morgan fingerprint density at radius 2 is 2.15 bits per heavy atom. The van der Waals surface area contributed by atoms with Crippen molar-refractivity contribution in [3.63, 3.8) is 0 Å². The van der Waals surface area contributed by atoms with E-state index in [2.05, 4.69) is 6.92 Å². The van der Waals surface area contributed by atoms with Gasteiger partial charge >= 0.3 is 0 Å². The molecule has 0 saturated carbocycles. The molecule has 1 aliphatic rings. The summed E-state index contributed by atoms with van der Waals surface area (Å²) in [5, 5.41) is 5.18. The molecular weight excluding hydrogens is 276 g/mol. The predicted octanol–water partition coefficient (Wildman–Crippen LogP) is 1.66. The van der Waals surface area contributed by atoms with Gasteiger partial charge in [0.1, 0.15) is 0 Å². The van der Waals surface area contributed by atoms with Gasteiger partial charge in [0.25, 0.3) is 5.91 Å². The third kappa shape index (κ3) is 2.86. The van der Waals surface area contributed by atoms with Crippen LogP contribution in [0.2, 0.25) is 0 Å². The van der Waals surface area contributed by atoms with Gasteiger partial charge in [-0.15, -0.1) is 0 Å². The fourth-order valence-corrected chi connectivity index (χ4v) is 3.54. The molecule has 2 rings (SSSR count). The van der Waals surface area contributed by atoms with E-state index in [4.69, 9.17) is 5.14 Å². The molecule has 110 valence electrons. The first-order valence-electron chi connectivity index (χ1n) is 6.79. The second-order valence-corrected chi connectivity index (χ2v) is 6.76. The van der Waals surface area contributed by atoms with Crippen molar-refractivity contribution in [1.29, 1.82) is 0 Å². The number of rotatable bonds is 3. The zero-order valence-electron chi connectivity index (χ0n) is 11.8. The lowest BCUT2D eigenvalue weighted by molar-refractivity contribution is 0.0733. The lowest BCUT2D eigenvalue weighted by Gasteiger charge is -2.24. The molecule has 0 spiro atoms. The molecule has 0 aromatic heterocycles. The van der Waals surface area contributed by atoms with Gasteiger partial charge in [0, 0.05) is 18.2 Å². The zero-order chi connectivity index (χ0) is 14.9. The Hall–Kier alpha value is -1.40. The number of primary sulfonamides is 1. The molecular formula is C14H20N2O3S. The van der Waals surface area contributed by atoms with Crippen LogP contribution in [0.4, 0.5) is 0 Å². The summed E-state index contributed by atoms with van der Waals surface area (Å²) in [6.45, 7) is 4.45.